The van der Waals surface area contributed by atoms with Crippen molar-refractivity contribution in [3.8, 4) is 0 Å². The molecular weight excluding hydrogens is 227 g/mol. The number of alkyl halides is 3. The number of hydrogen-bond acceptors (Lipinski definition) is 3. The van der Waals surface area contributed by atoms with E-state index in [0.29, 0.717) is 6.54 Å². The zero-order chi connectivity index (χ0) is 12.8. The van der Waals surface area contributed by atoms with Gasteiger partial charge in [0, 0.05) is 20.2 Å². The molecule has 0 rings (SSSR count). The summed E-state index contributed by atoms with van der Waals surface area (Å²) in [4.78, 5) is 11.9. The maximum atomic E-state index is 12.4. The van der Waals surface area contributed by atoms with Gasteiger partial charge in [0.2, 0.25) is 0 Å². The number of nitrogens with zero attached hydrogens (tertiary/aromatic N) is 1. The van der Waals surface area contributed by atoms with E-state index in [9.17, 15) is 18.0 Å². The van der Waals surface area contributed by atoms with Crippen molar-refractivity contribution in [3.63, 3.8) is 0 Å². The fraction of sp³-hybridized carbons (Fsp3) is 0.889. The number of carboxylic acids is 1. The minimum atomic E-state index is -4.72. The van der Waals surface area contributed by atoms with E-state index in [2.05, 4.69) is 0 Å². The molecule has 1 unspecified atom stereocenters. The second kappa shape index (κ2) is 6.70. The number of rotatable bonds is 7. The molecule has 0 aromatic heterocycles. The predicted octanol–water partition coefficient (Wildman–Crippen LogP) is 1.22. The molecule has 0 amide bonds. The van der Waals surface area contributed by atoms with Gasteiger partial charge < -0.3 is 14.7 Å². The van der Waals surface area contributed by atoms with Gasteiger partial charge >= 0.3 is 12.1 Å². The molecular formula is C9H16F3NO3. The molecule has 0 aromatic carbocycles. The van der Waals surface area contributed by atoms with Crippen molar-refractivity contribution in [2.24, 2.45) is 5.92 Å². The van der Waals surface area contributed by atoms with Crippen LogP contribution < -0.4 is 0 Å². The maximum absolute atomic E-state index is 12.4. The number of carbonyl (C=O) groups is 1. The van der Waals surface area contributed by atoms with E-state index in [1.807, 2.05) is 0 Å². The van der Waals surface area contributed by atoms with Crippen LogP contribution >= 0.6 is 0 Å². The molecule has 0 bridgehead atoms. The maximum Gasteiger partial charge on any atom is 0.403 e. The first kappa shape index (κ1) is 15.2. The van der Waals surface area contributed by atoms with E-state index in [0.717, 1.165) is 0 Å². The average Bonchev–Trinajstić information content (AvgIpc) is 2.15. The molecule has 1 N–H and O–H groups in total. The van der Waals surface area contributed by atoms with Crippen molar-refractivity contribution in [2.75, 3.05) is 33.4 Å². The molecule has 0 heterocycles. The number of hydrogen-bond donors (Lipinski definition) is 1. The lowest BCUT2D eigenvalue weighted by Crippen LogP contribution is -2.42. The zero-order valence-corrected chi connectivity index (χ0v) is 9.25. The minimum Gasteiger partial charge on any atom is -0.481 e. The van der Waals surface area contributed by atoms with Crippen LogP contribution in [0.15, 0.2) is 0 Å². The molecule has 4 nitrogen and oxygen atoms in total. The number of halogens is 3. The van der Waals surface area contributed by atoms with Gasteiger partial charge in [-0.15, -0.1) is 0 Å². The van der Waals surface area contributed by atoms with Crippen molar-refractivity contribution < 1.29 is 27.8 Å². The van der Waals surface area contributed by atoms with Gasteiger partial charge in [-0.3, -0.25) is 4.79 Å². The molecule has 1 atom stereocenters. The third-order valence-electron chi connectivity index (χ3n) is 2.19. The molecule has 0 spiro atoms. The summed E-state index contributed by atoms with van der Waals surface area (Å²) in [6.45, 7) is 2.04. The van der Waals surface area contributed by atoms with Crippen LogP contribution in [0.1, 0.15) is 6.92 Å². The van der Waals surface area contributed by atoms with Crippen LogP contribution in [0.2, 0.25) is 0 Å². The summed E-state index contributed by atoms with van der Waals surface area (Å²) in [7, 11) is 1.44. The van der Waals surface area contributed by atoms with Gasteiger partial charge in [0.25, 0.3) is 0 Å². The van der Waals surface area contributed by atoms with Crippen LogP contribution in [0.3, 0.4) is 0 Å². The molecule has 0 aromatic rings. The Hall–Kier alpha value is -0.820. The largest absolute Gasteiger partial charge is 0.481 e. The number of aliphatic carboxylic acids is 1. The molecule has 0 saturated heterocycles. The fourth-order valence-corrected chi connectivity index (χ4v) is 1.18. The van der Waals surface area contributed by atoms with Crippen molar-refractivity contribution in [2.45, 2.75) is 13.1 Å². The van der Waals surface area contributed by atoms with E-state index in [1.54, 1.807) is 6.92 Å². The van der Waals surface area contributed by atoms with Gasteiger partial charge in [0.15, 0.2) is 5.92 Å². The first-order chi connectivity index (χ1) is 7.32. The first-order valence-corrected chi connectivity index (χ1v) is 4.83. The summed E-state index contributed by atoms with van der Waals surface area (Å²) < 4.78 is 41.8. The molecule has 0 aliphatic rings. The van der Waals surface area contributed by atoms with Crippen molar-refractivity contribution in [1.29, 1.82) is 0 Å². The third kappa shape index (κ3) is 5.32. The lowest BCUT2D eigenvalue weighted by Gasteiger charge is -2.25. The number of likely N-dealkylation sites (N-methyl/N-ethyl adjacent to an activating group) is 1. The Labute approximate surface area is 92.0 Å². The topological polar surface area (TPSA) is 49.8 Å². The van der Waals surface area contributed by atoms with Crippen LogP contribution in [-0.4, -0.2) is 55.5 Å². The SMILES string of the molecule is CCN(CCOC)CC(C(=O)O)C(F)(F)F. The Kier molecular flexibility index (Phi) is 6.35. The molecule has 0 fully saturated rings. The zero-order valence-electron chi connectivity index (χ0n) is 9.25. The monoisotopic (exact) mass is 243 g/mol. The van der Waals surface area contributed by atoms with Crippen molar-refractivity contribution in [3.05, 3.63) is 0 Å². The van der Waals surface area contributed by atoms with E-state index in [-0.39, 0.29) is 13.2 Å². The van der Waals surface area contributed by atoms with Gasteiger partial charge in [-0.05, 0) is 6.54 Å². The Balaban J connectivity index is 4.42. The van der Waals surface area contributed by atoms with E-state index in [4.69, 9.17) is 9.84 Å². The van der Waals surface area contributed by atoms with Gasteiger partial charge in [-0.1, -0.05) is 6.92 Å². The Bertz CT molecular complexity index is 221. The molecule has 7 heteroatoms. The fourth-order valence-electron chi connectivity index (χ4n) is 1.18. The van der Waals surface area contributed by atoms with Crippen LogP contribution in [0.25, 0.3) is 0 Å². The van der Waals surface area contributed by atoms with E-state index in [1.165, 1.54) is 12.0 Å². The van der Waals surface area contributed by atoms with E-state index >= 15 is 0 Å². The van der Waals surface area contributed by atoms with Gasteiger partial charge in [-0.2, -0.15) is 13.2 Å². The lowest BCUT2D eigenvalue weighted by molar-refractivity contribution is -0.196. The van der Waals surface area contributed by atoms with Crippen LogP contribution in [0.5, 0.6) is 0 Å². The van der Waals surface area contributed by atoms with Crippen LogP contribution in [0.4, 0.5) is 13.2 Å². The van der Waals surface area contributed by atoms with Gasteiger partial charge in [-0.25, -0.2) is 0 Å². The minimum absolute atomic E-state index is 0.276. The molecule has 0 radical (unpaired) electrons. The third-order valence-corrected chi connectivity index (χ3v) is 2.19. The van der Waals surface area contributed by atoms with E-state index < -0.39 is 24.6 Å². The Morgan fingerprint density at radius 1 is 1.50 bits per heavy atom. The summed E-state index contributed by atoms with van der Waals surface area (Å²) in [5.41, 5.74) is 0. The smallest absolute Gasteiger partial charge is 0.403 e. The van der Waals surface area contributed by atoms with Crippen LogP contribution in [-0.2, 0) is 9.53 Å². The summed E-state index contributed by atoms with van der Waals surface area (Å²) in [5.74, 6) is -4.19. The van der Waals surface area contributed by atoms with Gasteiger partial charge in [0.05, 0.1) is 6.61 Å². The first-order valence-electron chi connectivity index (χ1n) is 4.83. The summed E-state index contributed by atoms with van der Waals surface area (Å²) in [6, 6.07) is 0. The van der Waals surface area contributed by atoms with Crippen molar-refractivity contribution >= 4 is 5.97 Å². The summed E-state index contributed by atoms with van der Waals surface area (Å²) in [6.07, 6.45) is -4.72. The average molecular weight is 243 g/mol. The molecule has 0 aliphatic heterocycles. The predicted molar refractivity (Wildman–Crippen MR) is 51.2 cm³/mol. The number of ether oxygens (including phenoxy) is 1. The highest BCUT2D eigenvalue weighted by atomic mass is 19.4. The molecule has 0 saturated carbocycles. The highest BCUT2D eigenvalue weighted by Crippen LogP contribution is 2.27. The highest BCUT2D eigenvalue weighted by molar-refractivity contribution is 5.71. The molecule has 0 aliphatic carbocycles. The van der Waals surface area contributed by atoms with Crippen LogP contribution in [0, 0.1) is 5.92 Å². The highest BCUT2D eigenvalue weighted by Gasteiger charge is 2.45. The Morgan fingerprint density at radius 3 is 2.38 bits per heavy atom. The van der Waals surface area contributed by atoms with Crippen molar-refractivity contribution in [1.82, 2.24) is 4.90 Å². The second-order valence-electron chi connectivity index (χ2n) is 3.32. The normalized spacial score (nSPS) is 14.1. The summed E-state index contributed by atoms with van der Waals surface area (Å²) >= 11 is 0. The number of carboxylic acid groups (broad SMARTS) is 1. The standard InChI is InChI=1S/C9H16F3NO3/c1-3-13(4-5-16-2)6-7(8(14)15)9(10,11)12/h7H,3-6H2,1-2H3,(H,14,15). The van der Waals surface area contributed by atoms with Gasteiger partial charge in [0.1, 0.15) is 0 Å². The summed E-state index contributed by atoms with van der Waals surface area (Å²) in [5, 5.41) is 8.50. The lowest BCUT2D eigenvalue weighted by atomic mass is 10.1. The molecule has 96 valence electrons. The molecule has 16 heavy (non-hydrogen) atoms. The number of methoxy groups -OCH3 is 1. The Morgan fingerprint density at radius 2 is 2.06 bits per heavy atom. The second-order valence-corrected chi connectivity index (χ2v) is 3.32. The quantitative estimate of drug-likeness (QED) is 0.730.